The van der Waals surface area contributed by atoms with Gasteiger partial charge in [-0.15, -0.1) is 0 Å². The van der Waals surface area contributed by atoms with Crippen molar-refractivity contribution in [3.05, 3.63) is 71.8 Å². The van der Waals surface area contributed by atoms with Gasteiger partial charge in [-0.1, -0.05) is 12.1 Å². The van der Waals surface area contributed by atoms with E-state index >= 15 is 0 Å². The number of fused-ring (bicyclic) bond motifs is 1. The molecule has 0 spiro atoms. The minimum atomic E-state index is -4.64. The van der Waals surface area contributed by atoms with Crippen LogP contribution in [0.5, 0.6) is 0 Å². The summed E-state index contributed by atoms with van der Waals surface area (Å²) in [6, 6.07) is 6.38. The van der Waals surface area contributed by atoms with E-state index in [1.54, 1.807) is 10.8 Å². The van der Waals surface area contributed by atoms with Crippen molar-refractivity contribution in [2.75, 3.05) is 16.4 Å². The van der Waals surface area contributed by atoms with Gasteiger partial charge in [0.25, 0.3) is 0 Å². The molecular weight excluding hydrogens is 463 g/mol. The van der Waals surface area contributed by atoms with E-state index < -0.39 is 29.2 Å². The monoisotopic (exact) mass is 483 g/mol. The third kappa shape index (κ3) is 4.76. The fraction of sp³-hybridized carbons (Fsp3) is 0.174. The Morgan fingerprint density at radius 1 is 1.06 bits per heavy atom. The summed E-state index contributed by atoms with van der Waals surface area (Å²) in [5.41, 5.74) is 5.57. The first kappa shape index (κ1) is 23.7. The fourth-order valence-electron chi connectivity index (χ4n) is 3.58. The number of hydrogen-bond acceptors (Lipinski definition) is 6. The number of alkyl halides is 3. The number of para-hydroxylation sites is 1. The van der Waals surface area contributed by atoms with Crippen LogP contribution in [0.4, 0.5) is 35.3 Å². The summed E-state index contributed by atoms with van der Waals surface area (Å²) >= 11 is 0. The van der Waals surface area contributed by atoms with Crippen LogP contribution in [-0.2, 0) is 6.18 Å². The standard InChI is InChI=1S/C23H20F3N7O2/c1-12(2)33-10-14(18-20(27)29-11-30-21(18)33)19(34)13-7-8-28-17(9-13)32-22(35)31-16-6-4-3-5-15(16)23(24,25)26/h3-12H,1-2H3,(H2,27,29,30)(H2,28,31,32,35). The van der Waals surface area contributed by atoms with Crippen LogP contribution >= 0.6 is 0 Å². The summed E-state index contributed by atoms with van der Waals surface area (Å²) in [5, 5.41) is 4.92. The molecule has 9 nitrogen and oxygen atoms in total. The van der Waals surface area contributed by atoms with Gasteiger partial charge in [-0.2, -0.15) is 13.2 Å². The highest BCUT2D eigenvalue weighted by Crippen LogP contribution is 2.34. The lowest BCUT2D eigenvalue weighted by Crippen LogP contribution is -2.22. The Morgan fingerprint density at radius 3 is 2.51 bits per heavy atom. The number of amides is 2. The molecule has 4 N–H and O–H groups in total. The average Bonchev–Trinajstić information content (AvgIpc) is 3.20. The molecule has 2 amide bonds. The molecule has 4 aromatic rings. The van der Waals surface area contributed by atoms with Gasteiger partial charge in [0.15, 0.2) is 5.78 Å². The van der Waals surface area contributed by atoms with Gasteiger partial charge in [0.2, 0.25) is 0 Å². The van der Waals surface area contributed by atoms with E-state index in [2.05, 4.69) is 25.6 Å². The Morgan fingerprint density at radius 2 is 1.80 bits per heavy atom. The number of nitrogen functional groups attached to an aromatic ring is 1. The van der Waals surface area contributed by atoms with Crippen molar-refractivity contribution in [2.45, 2.75) is 26.1 Å². The van der Waals surface area contributed by atoms with E-state index in [4.69, 9.17) is 5.73 Å². The molecule has 0 aliphatic carbocycles. The molecule has 12 heteroatoms. The van der Waals surface area contributed by atoms with Gasteiger partial charge in [0.05, 0.1) is 22.2 Å². The van der Waals surface area contributed by atoms with E-state index in [-0.39, 0.29) is 28.8 Å². The molecule has 1 aromatic carbocycles. The smallest absolute Gasteiger partial charge is 0.383 e. The van der Waals surface area contributed by atoms with Crippen molar-refractivity contribution in [1.29, 1.82) is 0 Å². The summed E-state index contributed by atoms with van der Waals surface area (Å²) in [4.78, 5) is 37.9. The summed E-state index contributed by atoms with van der Waals surface area (Å²) in [6.07, 6.45) is -0.394. The lowest BCUT2D eigenvalue weighted by atomic mass is 10.0. The molecule has 0 aliphatic heterocycles. The van der Waals surface area contributed by atoms with Crippen LogP contribution in [0.1, 0.15) is 41.4 Å². The molecule has 0 unspecified atom stereocenters. The van der Waals surface area contributed by atoms with Crippen LogP contribution < -0.4 is 16.4 Å². The fourth-order valence-corrected chi connectivity index (χ4v) is 3.58. The number of nitrogens with two attached hydrogens (primary N) is 1. The number of benzene rings is 1. The number of aromatic nitrogens is 4. The molecule has 0 aliphatic rings. The summed E-state index contributed by atoms with van der Waals surface area (Å²) in [6.45, 7) is 3.85. The molecule has 0 bridgehead atoms. The van der Waals surface area contributed by atoms with Crippen molar-refractivity contribution >= 4 is 40.2 Å². The van der Waals surface area contributed by atoms with Crippen LogP contribution in [0.25, 0.3) is 11.0 Å². The Hall–Kier alpha value is -4.48. The number of urea groups is 1. The number of ketones is 1. The number of carbonyl (C=O) groups excluding carboxylic acids is 2. The molecule has 0 fully saturated rings. The van der Waals surface area contributed by atoms with E-state index in [0.717, 1.165) is 12.1 Å². The van der Waals surface area contributed by atoms with Crippen LogP contribution in [-0.4, -0.2) is 31.3 Å². The number of halogens is 3. The molecule has 0 atom stereocenters. The van der Waals surface area contributed by atoms with Gasteiger partial charge >= 0.3 is 12.2 Å². The SMILES string of the molecule is CC(C)n1cc(C(=O)c2ccnc(NC(=O)Nc3ccccc3C(F)(F)F)c2)c2c(N)ncnc21. The van der Waals surface area contributed by atoms with E-state index in [0.29, 0.717) is 11.0 Å². The largest absolute Gasteiger partial charge is 0.418 e. The van der Waals surface area contributed by atoms with Crippen LogP contribution in [0.2, 0.25) is 0 Å². The maximum atomic E-state index is 13.3. The van der Waals surface area contributed by atoms with Gasteiger partial charge in [-0.25, -0.2) is 19.7 Å². The quantitative estimate of drug-likeness (QED) is 0.347. The van der Waals surface area contributed by atoms with Gasteiger partial charge < -0.3 is 15.6 Å². The Labute approximate surface area is 197 Å². The van der Waals surface area contributed by atoms with Gasteiger partial charge in [0.1, 0.15) is 23.6 Å². The molecule has 3 aromatic heterocycles. The van der Waals surface area contributed by atoms with Crippen LogP contribution in [0, 0.1) is 0 Å². The van der Waals surface area contributed by atoms with Crippen LogP contribution in [0.3, 0.4) is 0 Å². The first-order valence-corrected chi connectivity index (χ1v) is 10.4. The summed E-state index contributed by atoms with van der Waals surface area (Å²) < 4.78 is 41.3. The van der Waals surface area contributed by atoms with Crippen LogP contribution in [0.15, 0.2) is 55.1 Å². The highest BCUT2D eigenvalue weighted by Gasteiger charge is 2.33. The number of nitrogens with one attached hydrogen (secondary N) is 2. The molecule has 4 rings (SSSR count). The first-order valence-electron chi connectivity index (χ1n) is 10.4. The second-order valence-electron chi connectivity index (χ2n) is 7.88. The van der Waals surface area contributed by atoms with Gasteiger partial charge in [0, 0.05) is 24.0 Å². The second-order valence-corrected chi connectivity index (χ2v) is 7.88. The van der Waals surface area contributed by atoms with Gasteiger partial charge in [-0.3, -0.25) is 10.1 Å². The number of hydrogen-bond donors (Lipinski definition) is 3. The number of anilines is 3. The predicted octanol–water partition coefficient (Wildman–Crippen LogP) is 4.88. The number of nitrogens with zero attached hydrogens (tertiary/aromatic N) is 4. The van der Waals surface area contributed by atoms with Crippen molar-refractivity contribution in [1.82, 2.24) is 19.5 Å². The molecular formula is C23H20F3N7O2. The lowest BCUT2D eigenvalue weighted by Gasteiger charge is -2.14. The third-order valence-corrected chi connectivity index (χ3v) is 5.18. The zero-order valence-electron chi connectivity index (χ0n) is 18.6. The summed E-state index contributed by atoms with van der Waals surface area (Å²) in [5.74, 6) is -0.299. The molecule has 3 heterocycles. The number of rotatable bonds is 5. The average molecular weight is 483 g/mol. The number of carbonyl (C=O) groups is 2. The Kier molecular flexibility index (Phi) is 6.12. The highest BCUT2D eigenvalue weighted by molar-refractivity contribution is 6.18. The maximum Gasteiger partial charge on any atom is 0.418 e. The highest BCUT2D eigenvalue weighted by atomic mass is 19.4. The normalized spacial score (nSPS) is 11.6. The van der Waals surface area contributed by atoms with Crippen molar-refractivity contribution in [3.63, 3.8) is 0 Å². The minimum Gasteiger partial charge on any atom is -0.383 e. The van der Waals surface area contributed by atoms with Gasteiger partial charge in [-0.05, 0) is 38.1 Å². The lowest BCUT2D eigenvalue weighted by molar-refractivity contribution is -0.136. The van der Waals surface area contributed by atoms with Crippen molar-refractivity contribution < 1.29 is 22.8 Å². The van der Waals surface area contributed by atoms with E-state index in [1.807, 2.05) is 13.8 Å². The summed E-state index contributed by atoms with van der Waals surface area (Å²) in [7, 11) is 0. The van der Waals surface area contributed by atoms with Crippen molar-refractivity contribution in [3.8, 4) is 0 Å². The topological polar surface area (TPSA) is 128 Å². The third-order valence-electron chi connectivity index (χ3n) is 5.18. The molecule has 0 radical (unpaired) electrons. The predicted molar refractivity (Wildman–Crippen MR) is 124 cm³/mol. The van der Waals surface area contributed by atoms with E-state index in [1.165, 1.54) is 36.8 Å². The first-order chi connectivity index (χ1) is 16.6. The molecule has 180 valence electrons. The zero-order valence-corrected chi connectivity index (χ0v) is 18.6. The molecule has 35 heavy (non-hydrogen) atoms. The molecule has 0 saturated carbocycles. The number of pyridine rings is 1. The van der Waals surface area contributed by atoms with E-state index in [9.17, 15) is 22.8 Å². The maximum absolute atomic E-state index is 13.3. The molecule has 0 saturated heterocycles. The Bertz CT molecular complexity index is 1430. The zero-order chi connectivity index (χ0) is 25.3. The Balaban J connectivity index is 1.60. The minimum absolute atomic E-state index is 0.00807. The van der Waals surface area contributed by atoms with Crippen molar-refractivity contribution in [2.24, 2.45) is 0 Å². The second kappa shape index (κ2) is 9.05.